The van der Waals surface area contributed by atoms with Gasteiger partial charge in [-0.25, -0.2) is 0 Å². The highest BCUT2D eigenvalue weighted by molar-refractivity contribution is 9.10. The van der Waals surface area contributed by atoms with E-state index < -0.39 is 0 Å². The molecule has 88 valence electrons. The Morgan fingerprint density at radius 1 is 1.12 bits per heavy atom. The highest BCUT2D eigenvalue weighted by Gasteiger charge is 2.18. The van der Waals surface area contributed by atoms with Crippen LogP contribution in [0.4, 0.5) is 0 Å². The third-order valence-electron chi connectivity index (χ3n) is 3.54. The fourth-order valence-electron chi connectivity index (χ4n) is 2.56. The first-order valence-corrected chi connectivity index (χ1v) is 6.98. The van der Waals surface area contributed by atoms with Gasteiger partial charge in [-0.1, -0.05) is 60.2 Å². The van der Waals surface area contributed by atoms with E-state index in [1.807, 2.05) is 24.3 Å². The lowest BCUT2D eigenvalue weighted by atomic mass is 9.84. The molecule has 2 heteroatoms. The maximum absolute atomic E-state index is 10.1. The van der Waals surface area contributed by atoms with E-state index in [1.165, 1.54) is 32.1 Å². The first kappa shape index (κ1) is 12.1. The predicted octanol–water partition coefficient (Wildman–Crippen LogP) is 4.45. The summed E-state index contributed by atoms with van der Waals surface area (Å²) in [5, 5.41) is 10.1. The number of hydrogen-bond donors (Lipinski definition) is 1. The summed E-state index contributed by atoms with van der Waals surface area (Å²) in [6.07, 6.45) is 7.32. The van der Waals surface area contributed by atoms with Crippen LogP contribution < -0.4 is 0 Å². The Morgan fingerprint density at radius 2 is 1.75 bits per heavy atom. The smallest absolute Gasteiger partial charge is 0.0792 e. The van der Waals surface area contributed by atoms with E-state index >= 15 is 0 Å². The third-order valence-corrected chi connectivity index (χ3v) is 4.06. The maximum Gasteiger partial charge on any atom is 0.0792 e. The van der Waals surface area contributed by atoms with Gasteiger partial charge in [0.05, 0.1) is 6.10 Å². The molecule has 0 bridgehead atoms. The number of rotatable bonds is 3. The Kier molecular flexibility index (Phi) is 4.42. The number of benzene rings is 1. The third kappa shape index (κ3) is 3.33. The van der Waals surface area contributed by atoms with E-state index in [4.69, 9.17) is 0 Å². The molecule has 1 fully saturated rings. The number of hydrogen-bond acceptors (Lipinski definition) is 1. The van der Waals surface area contributed by atoms with Crippen molar-refractivity contribution in [1.29, 1.82) is 0 Å². The summed E-state index contributed by atoms with van der Waals surface area (Å²) in [6, 6.07) is 8.02. The standard InChI is InChI=1S/C14H19BrO/c15-13-8-6-12(7-9-13)14(16)10-11-4-2-1-3-5-11/h6-9,11,14,16H,1-5,10H2/t14-/m1/s1. The van der Waals surface area contributed by atoms with Crippen LogP contribution in [-0.4, -0.2) is 5.11 Å². The van der Waals surface area contributed by atoms with E-state index in [0.29, 0.717) is 0 Å². The Balaban J connectivity index is 1.91. The van der Waals surface area contributed by atoms with Gasteiger partial charge in [-0.05, 0) is 30.0 Å². The van der Waals surface area contributed by atoms with Crippen molar-refractivity contribution in [3.63, 3.8) is 0 Å². The molecule has 1 saturated carbocycles. The van der Waals surface area contributed by atoms with E-state index in [-0.39, 0.29) is 6.10 Å². The number of aliphatic hydroxyl groups is 1. The van der Waals surface area contributed by atoms with Gasteiger partial charge in [0, 0.05) is 4.47 Å². The molecule has 0 radical (unpaired) electrons. The molecule has 16 heavy (non-hydrogen) atoms. The van der Waals surface area contributed by atoms with Crippen molar-refractivity contribution in [3.05, 3.63) is 34.3 Å². The normalized spacial score (nSPS) is 19.6. The summed E-state index contributed by atoms with van der Waals surface area (Å²) in [7, 11) is 0. The highest BCUT2D eigenvalue weighted by Crippen LogP contribution is 2.32. The second-order valence-corrected chi connectivity index (χ2v) is 5.72. The Labute approximate surface area is 106 Å². The lowest BCUT2D eigenvalue weighted by Gasteiger charge is -2.24. The molecule has 1 atom stereocenters. The molecule has 1 aromatic carbocycles. The Morgan fingerprint density at radius 3 is 2.38 bits per heavy atom. The van der Waals surface area contributed by atoms with Crippen molar-refractivity contribution >= 4 is 15.9 Å². The summed E-state index contributed by atoms with van der Waals surface area (Å²) in [6.45, 7) is 0. The van der Waals surface area contributed by atoms with Crippen molar-refractivity contribution in [2.45, 2.75) is 44.6 Å². The van der Waals surface area contributed by atoms with Crippen molar-refractivity contribution in [2.24, 2.45) is 5.92 Å². The van der Waals surface area contributed by atoms with Crippen molar-refractivity contribution in [2.75, 3.05) is 0 Å². The van der Waals surface area contributed by atoms with Gasteiger partial charge in [-0.3, -0.25) is 0 Å². The second-order valence-electron chi connectivity index (χ2n) is 4.81. The van der Waals surface area contributed by atoms with Crippen LogP contribution >= 0.6 is 15.9 Å². The van der Waals surface area contributed by atoms with Gasteiger partial charge in [-0.2, -0.15) is 0 Å². The van der Waals surface area contributed by atoms with Crippen LogP contribution in [0.25, 0.3) is 0 Å². The number of aliphatic hydroxyl groups excluding tert-OH is 1. The van der Waals surface area contributed by atoms with Crippen LogP contribution in [0, 0.1) is 5.92 Å². The molecule has 2 rings (SSSR count). The van der Waals surface area contributed by atoms with Crippen molar-refractivity contribution in [1.82, 2.24) is 0 Å². The van der Waals surface area contributed by atoms with Crippen LogP contribution in [0.15, 0.2) is 28.7 Å². The van der Waals surface area contributed by atoms with Crippen molar-refractivity contribution in [3.8, 4) is 0 Å². The zero-order chi connectivity index (χ0) is 11.4. The predicted molar refractivity (Wildman–Crippen MR) is 70.3 cm³/mol. The largest absolute Gasteiger partial charge is 0.388 e. The maximum atomic E-state index is 10.1. The summed E-state index contributed by atoms with van der Waals surface area (Å²) >= 11 is 3.41. The Bertz CT molecular complexity index is 314. The molecule has 0 aliphatic heterocycles. The number of halogens is 1. The van der Waals surface area contributed by atoms with Gasteiger partial charge in [0.25, 0.3) is 0 Å². The first-order chi connectivity index (χ1) is 7.75. The molecule has 0 aromatic heterocycles. The molecule has 0 unspecified atom stereocenters. The van der Waals surface area contributed by atoms with Crippen LogP contribution in [0.2, 0.25) is 0 Å². The minimum absolute atomic E-state index is 0.281. The molecule has 0 heterocycles. The highest BCUT2D eigenvalue weighted by atomic mass is 79.9. The second kappa shape index (κ2) is 5.83. The van der Waals surface area contributed by atoms with Gasteiger partial charge in [-0.15, -0.1) is 0 Å². The molecule has 1 aliphatic carbocycles. The van der Waals surface area contributed by atoms with Crippen LogP contribution in [-0.2, 0) is 0 Å². The minimum Gasteiger partial charge on any atom is -0.388 e. The van der Waals surface area contributed by atoms with Crippen LogP contribution in [0.3, 0.4) is 0 Å². The molecular weight excluding hydrogens is 264 g/mol. The van der Waals surface area contributed by atoms with E-state index in [2.05, 4.69) is 15.9 Å². The lowest BCUT2D eigenvalue weighted by Crippen LogP contribution is -2.11. The van der Waals surface area contributed by atoms with E-state index in [1.54, 1.807) is 0 Å². The van der Waals surface area contributed by atoms with Gasteiger partial charge in [0.2, 0.25) is 0 Å². The molecular formula is C14H19BrO. The summed E-state index contributed by atoms with van der Waals surface area (Å²) < 4.78 is 1.07. The average molecular weight is 283 g/mol. The monoisotopic (exact) mass is 282 g/mol. The van der Waals surface area contributed by atoms with Gasteiger partial charge >= 0.3 is 0 Å². The molecule has 0 spiro atoms. The topological polar surface area (TPSA) is 20.2 Å². The average Bonchev–Trinajstić information content (AvgIpc) is 2.31. The van der Waals surface area contributed by atoms with Crippen molar-refractivity contribution < 1.29 is 5.11 Å². The van der Waals surface area contributed by atoms with Gasteiger partial charge in [0.15, 0.2) is 0 Å². The van der Waals surface area contributed by atoms with E-state index in [9.17, 15) is 5.11 Å². The molecule has 1 aliphatic rings. The van der Waals surface area contributed by atoms with Gasteiger partial charge in [0.1, 0.15) is 0 Å². The minimum atomic E-state index is -0.281. The molecule has 0 saturated heterocycles. The fourth-order valence-corrected chi connectivity index (χ4v) is 2.82. The molecule has 1 N–H and O–H groups in total. The van der Waals surface area contributed by atoms with Crippen LogP contribution in [0.1, 0.15) is 50.2 Å². The fraction of sp³-hybridized carbons (Fsp3) is 0.571. The zero-order valence-corrected chi connectivity index (χ0v) is 11.1. The van der Waals surface area contributed by atoms with Gasteiger partial charge < -0.3 is 5.11 Å². The molecule has 0 amide bonds. The Hall–Kier alpha value is -0.340. The SMILES string of the molecule is O[C@H](CC1CCCCC1)c1ccc(Br)cc1. The van der Waals surface area contributed by atoms with Crippen LogP contribution in [0.5, 0.6) is 0 Å². The summed E-state index contributed by atoms with van der Waals surface area (Å²) in [4.78, 5) is 0. The lowest BCUT2D eigenvalue weighted by molar-refractivity contribution is 0.131. The quantitative estimate of drug-likeness (QED) is 0.868. The summed E-state index contributed by atoms with van der Waals surface area (Å²) in [5.41, 5.74) is 1.05. The first-order valence-electron chi connectivity index (χ1n) is 6.19. The molecule has 1 nitrogen and oxygen atoms in total. The molecule has 1 aromatic rings. The summed E-state index contributed by atoms with van der Waals surface area (Å²) in [5.74, 6) is 0.729. The van der Waals surface area contributed by atoms with E-state index in [0.717, 1.165) is 22.4 Å². The zero-order valence-electron chi connectivity index (χ0n) is 9.53.